The van der Waals surface area contributed by atoms with Crippen molar-refractivity contribution >= 4 is 5.97 Å². The fourth-order valence-corrected chi connectivity index (χ4v) is 2.97. The van der Waals surface area contributed by atoms with Gasteiger partial charge in [0.2, 0.25) is 5.76 Å². The molecular weight excluding hydrogens is 280 g/mol. The number of furan rings is 1. The van der Waals surface area contributed by atoms with E-state index in [0.29, 0.717) is 5.95 Å². The minimum atomic E-state index is -0.512. The first-order valence-corrected chi connectivity index (χ1v) is 7.41. The lowest BCUT2D eigenvalue weighted by atomic mass is 9.86. The standard InChI is InChI=1S/C18H20O4/c1-11-9-12-7-8-18(2,3)13(12)10-15(11)22-16-6-5-14(21-16)17(19)20-4/h5-6,9-10H,7-8H2,1-4H3. The topological polar surface area (TPSA) is 48.7 Å². The lowest BCUT2D eigenvalue weighted by Gasteiger charge is -2.20. The number of rotatable bonds is 3. The van der Waals surface area contributed by atoms with Crippen LogP contribution in [-0.2, 0) is 16.6 Å². The summed E-state index contributed by atoms with van der Waals surface area (Å²) in [6.45, 7) is 6.52. The fraction of sp³-hybridized carbons (Fsp3) is 0.389. The normalized spacial score (nSPS) is 15.5. The largest absolute Gasteiger partial charge is 0.463 e. The van der Waals surface area contributed by atoms with Gasteiger partial charge in [-0.15, -0.1) is 0 Å². The van der Waals surface area contributed by atoms with Crippen LogP contribution in [-0.4, -0.2) is 13.1 Å². The van der Waals surface area contributed by atoms with Crippen molar-refractivity contribution in [2.75, 3.05) is 7.11 Å². The summed E-state index contributed by atoms with van der Waals surface area (Å²) < 4.78 is 15.8. The van der Waals surface area contributed by atoms with Crippen LogP contribution in [0.3, 0.4) is 0 Å². The van der Waals surface area contributed by atoms with Crippen molar-refractivity contribution < 1.29 is 18.7 Å². The molecule has 0 atom stereocenters. The Labute approximate surface area is 130 Å². The van der Waals surface area contributed by atoms with Gasteiger partial charge in [0.25, 0.3) is 5.95 Å². The molecule has 0 fully saturated rings. The molecular formula is C18H20O4. The molecule has 4 nitrogen and oxygen atoms in total. The van der Waals surface area contributed by atoms with Crippen LogP contribution in [0.25, 0.3) is 0 Å². The van der Waals surface area contributed by atoms with Crippen LogP contribution < -0.4 is 4.74 Å². The SMILES string of the molecule is COC(=O)c1ccc(Oc2cc3c(cc2C)CCC3(C)C)o1. The number of hydrogen-bond acceptors (Lipinski definition) is 4. The van der Waals surface area contributed by atoms with E-state index < -0.39 is 5.97 Å². The van der Waals surface area contributed by atoms with Crippen molar-refractivity contribution in [3.8, 4) is 11.7 Å². The van der Waals surface area contributed by atoms with Gasteiger partial charge < -0.3 is 13.9 Å². The third-order valence-electron chi connectivity index (χ3n) is 4.33. The maximum atomic E-state index is 11.4. The van der Waals surface area contributed by atoms with E-state index in [2.05, 4.69) is 30.7 Å². The molecule has 1 heterocycles. The molecule has 0 saturated carbocycles. The van der Waals surface area contributed by atoms with Gasteiger partial charge in [0, 0.05) is 6.07 Å². The lowest BCUT2D eigenvalue weighted by Crippen LogP contribution is -2.11. The van der Waals surface area contributed by atoms with Gasteiger partial charge in [-0.25, -0.2) is 4.79 Å². The number of carbonyl (C=O) groups excluding carboxylic acids is 1. The van der Waals surface area contributed by atoms with Crippen LogP contribution in [0.2, 0.25) is 0 Å². The molecule has 0 spiro atoms. The van der Waals surface area contributed by atoms with Crippen LogP contribution in [0, 0.1) is 6.92 Å². The molecule has 0 amide bonds. The van der Waals surface area contributed by atoms with Crippen LogP contribution in [0.5, 0.6) is 11.7 Å². The highest BCUT2D eigenvalue weighted by Crippen LogP contribution is 2.42. The molecule has 0 unspecified atom stereocenters. The molecule has 0 N–H and O–H groups in total. The Kier molecular flexibility index (Phi) is 3.47. The number of carbonyl (C=O) groups is 1. The first-order valence-electron chi connectivity index (χ1n) is 7.41. The minimum absolute atomic E-state index is 0.136. The Morgan fingerprint density at radius 3 is 2.77 bits per heavy atom. The fourth-order valence-electron chi connectivity index (χ4n) is 2.97. The zero-order valence-electron chi connectivity index (χ0n) is 13.4. The van der Waals surface area contributed by atoms with E-state index in [1.165, 1.54) is 18.2 Å². The average molecular weight is 300 g/mol. The highest BCUT2D eigenvalue weighted by atomic mass is 16.6. The lowest BCUT2D eigenvalue weighted by molar-refractivity contribution is 0.0560. The van der Waals surface area contributed by atoms with Gasteiger partial charge in [-0.3, -0.25) is 0 Å². The summed E-state index contributed by atoms with van der Waals surface area (Å²) in [4.78, 5) is 11.4. The number of fused-ring (bicyclic) bond motifs is 1. The quantitative estimate of drug-likeness (QED) is 0.789. The Hall–Kier alpha value is -2.23. The zero-order valence-corrected chi connectivity index (χ0v) is 13.4. The van der Waals surface area contributed by atoms with Gasteiger partial charge in [-0.2, -0.15) is 0 Å². The molecule has 116 valence electrons. The van der Waals surface area contributed by atoms with Crippen molar-refractivity contribution in [3.63, 3.8) is 0 Å². The van der Waals surface area contributed by atoms with E-state index in [1.54, 1.807) is 12.1 Å². The summed E-state index contributed by atoms with van der Waals surface area (Å²) in [5.74, 6) is 0.678. The summed E-state index contributed by atoms with van der Waals surface area (Å²) in [5.41, 5.74) is 3.95. The summed E-state index contributed by atoms with van der Waals surface area (Å²) in [6, 6.07) is 7.46. The van der Waals surface area contributed by atoms with Crippen molar-refractivity contribution in [2.45, 2.75) is 39.0 Å². The van der Waals surface area contributed by atoms with Crippen molar-refractivity contribution in [1.82, 2.24) is 0 Å². The monoisotopic (exact) mass is 300 g/mol. The number of benzene rings is 1. The second-order valence-corrected chi connectivity index (χ2v) is 6.37. The summed E-state index contributed by atoms with van der Waals surface area (Å²) in [5, 5.41) is 0. The molecule has 1 aromatic carbocycles. The number of aryl methyl sites for hydroxylation is 2. The molecule has 3 rings (SSSR count). The molecule has 0 radical (unpaired) electrons. The summed E-state index contributed by atoms with van der Waals surface area (Å²) >= 11 is 0. The zero-order chi connectivity index (χ0) is 15.9. The number of methoxy groups -OCH3 is 1. The first kappa shape index (κ1) is 14.7. The van der Waals surface area contributed by atoms with Crippen LogP contribution in [0.15, 0.2) is 28.7 Å². The van der Waals surface area contributed by atoms with E-state index in [9.17, 15) is 4.79 Å². The van der Waals surface area contributed by atoms with Crippen LogP contribution >= 0.6 is 0 Å². The third-order valence-corrected chi connectivity index (χ3v) is 4.33. The highest BCUT2D eigenvalue weighted by Gasteiger charge is 2.30. The van der Waals surface area contributed by atoms with Crippen molar-refractivity contribution in [1.29, 1.82) is 0 Å². The Balaban J connectivity index is 1.90. The van der Waals surface area contributed by atoms with Crippen molar-refractivity contribution in [2.24, 2.45) is 0 Å². The maximum absolute atomic E-state index is 11.4. The molecule has 0 aliphatic heterocycles. The van der Waals surface area contributed by atoms with E-state index in [0.717, 1.165) is 24.2 Å². The van der Waals surface area contributed by atoms with Gasteiger partial charge in [0.05, 0.1) is 7.11 Å². The molecule has 0 saturated heterocycles. The molecule has 1 aromatic heterocycles. The predicted molar refractivity (Wildman–Crippen MR) is 82.6 cm³/mol. The second-order valence-electron chi connectivity index (χ2n) is 6.37. The van der Waals surface area contributed by atoms with Gasteiger partial charge in [-0.05, 0) is 54.0 Å². The third kappa shape index (κ3) is 2.49. The molecule has 0 bridgehead atoms. The molecule has 1 aliphatic carbocycles. The van der Waals surface area contributed by atoms with Gasteiger partial charge in [0.15, 0.2) is 0 Å². The number of esters is 1. The van der Waals surface area contributed by atoms with E-state index in [4.69, 9.17) is 9.15 Å². The molecule has 4 heteroatoms. The molecule has 2 aromatic rings. The minimum Gasteiger partial charge on any atom is -0.463 e. The first-order chi connectivity index (χ1) is 10.4. The van der Waals surface area contributed by atoms with E-state index in [-0.39, 0.29) is 11.2 Å². The van der Waals surface area contributed by atoms with Crippen LogP contribution in [0.4, 0.5) is 0 Å². The highest BCUT2D eigenvalue weighted by molar-refractivity contribution is 5.86. The number of hydrogen-bond donors (Lipinski definition) is 0. The Morgan fingerprint density at radius 2 is 2.05 bits per heavy atom. The number of ether oxygens (including phenoxy) is 2. The van der Waals surface area contributed by atoms with Gasteiger partial charge in [0.1, 0.15) is 5.75 Å². The average Bonchev–Trinajstić information content (AvgIpc) is 3.05. The Bertz CT molecular complexity index is 725. The van der Waals surface area contributed by atoms with Crippen molar-refractivity contribution in [3.05, 3.63) is 46.7 Å². The summed E-state index contributed by atoms with van der Waals surface area (Å²) in [7, 11) is 1.32. The summed E-state index contributed by atoms with van der Waals surface area (Å²) in [6.07, 6.45) is 2.26. The Morgan fingerprint density at radius 1 is 1.27 bits per heavy atom. The van der Waals surface area contributed by atoms with Crippen LogP contribution in [0.1, 0.15) is 47.5 Å². The maximum Gasteiger partial charge on any atom is 0.374 e. The molecule has 22 heavy (non-hydrogen) atoms. The second kappa shape index (κ2) is 5.20. The van der Waals surface area contributed by atoms with Gasteiger partial charge >= 0.3 is 5.97 Å². The predicted octanol–water partition coefficient (Wildman–Crippen LogP) is 4.39. The van der Waals surface area contributed by atoms with E-state index in [1.807, 2.05) is 6.92 Å². The van der Waals surface area contributed by atoms with E-state index >= 15 is 0 Å². The molecule has 1 aliphatic rings. The van der Waals surface area contributed by atoms with Gasteiger partial charge in [-0.1, -0.05) is 19.9 Å². The smallest absolute Gasteiger partial charge is 0.374 e.